The molecule has 2 nitrogen and oxygen atoms in total. The molecule has 0 spiro atoms. The lowest BCUT2D eigenvalue weighted by atomic mass is 10.1. The van der Waals surface area contributed by atoms with Gasteiger partial charge < -0.3 is 4.74 Å². The minimum atomic E-state index is 0.0200. The molecule has 0 amide bonds. The monoisotopic (exact) mass is 304 g/mol. The molecule has 0 bridgehead atoms. The van der Waals surface area contributed by atoms with Gasteiger partial charge in [0.25, 0.3) is 0 Å². The number of halogens is 2. The van der Waals surface area contributed by atoms with E-state index in [0.717, 1.165) is 13.0 Å². The van der Waals surface area contributed by atoms with Gasteiger partial charge in [-0.15, -0.1) is 11.8 Å². The van der Waals surface area contributed by atoms with Crippen LogP contribution in [0.5, 0.6) is 0 Å². The highest BCUT2D eigenvalue weighted by atomic mass is 35.5. The molecule has 0 aliphatic carbocycles. The number of ketones is 1. The van der Waals surface area contributed by atoms with E-state index < -0.39 is 0 Å². The quantitative estimate of drug-likeness (QED) is 0.784. The van der Waals surface area contributed by atoms with Gasteiger partial charge in [0.1, 0.15) is 0 Å². The smallest absolute Gasteiger partial charge is 0.174 e. The fraction of sp³-hybridized carbons (Fsp3) is 0.462. The van der Waals surface area contributed by atoms with Crippen LogP contribution in [0.25, 0.3) is 0 Å². The van der Waals surface area contributed by atoms with Crippen molar-refractivity contribution in [3.05, 3.63) is 33.8 Å². The summed E-state index contributed by atoms with van der Waals surface area (Å²) in [6, 6.07) is 4.96. The third-order valence-corrected chi connectivity index (χ3v) is 5.00. The summed E-state index contributed by atoms with van der Waals surface area (Å²) in [5, 5.41) is 1.39. The predicted molar refractivity (Wildman–Crippen MR) is 77.1 cm³/mol. The van der Waals surface area contributed by atoms with Crippen LogP contribution in [0.4, 0.5) is 0 Å². The highest BCUT2D eigenvalue weighted by Crippen LogP contribution is 2.28. The Morgan fingerprint density at radius 1 is 1.50 bits per heavy atom. The van der Waals surface area contributed by atoms with E-state index in [4.69, 9.17) is 27.9 Å². The molecule has 0 saturated carbocycles. The molecule has 2 unspecified atom stereocenters. The van der Waals surface area contributed by atoms with Gasteiger partial charge in [0.05, 0.1) is 16.9 Å². The van der Waals surface area contributed by atoms with Crippen LogP contribution < -0.4 is 0 Å². The van der Waals surface area contributed by atoms with Crippen molar-refractivity contribution in [2.75, 3.05) is 12.4 Å². The molecule has 98 valence electrons. The van der Waals surface area contributed by atoms with Crippen molar-refractivity contribution in [1.82, 2.24) is 0 Å². The van der Waals surface area contributed by atoms with E-state index in [9.17, 15) is 4.79 Å². The van der Waals surface area contributed by atoms with Crippen molar-refractivity contribution in [2.24, 2.45) is 0 Å². The largest absolute Gasteiger partial charge is 0.377 e. The van der Waals surface area contributed by atoms with Crippen LogP contribution in [0.15, 0.2) is 18.2 Å². The fourth-order valence-corrected chi connectivity index (χ4v) is 3.43. The number of benzene rings is 1. The lowest BCUT2D eigenvalue weighted by molar-refractivity contribution is 0.102. The van der Waals surface area contributed by atoms with Gasteiger partial charge in [-0.1, -0.05) is 23.2 Å². The Kier molecular flexibility index (Phi) is 4.96. The molecule has 1 heterocycles. The Morgan fingerprint density at radius 2 is 2.28 bits per heavy atom. The molecule has 18 heavy (non-hydrogen) atoms. The van der Waals surface area contributed by atoms with Gasteiger partial charge in [0.15, 0.2) is 5.78 Å². The third kappa shape index (κ3) is 3.41. The molecule has 1 aromatic rings. The number of hydrogen-bond acceptors (Lipinski definition) is 3. The van der Waals surface area contributed by atoms with Gasteiger partial charge >= 0.3 is 0 Å². The van der Waals surface area contributed by atoms with Crippen molar-refractivity contribution >= 4 is 40.7 Å². The summed E-state index contributed by atoms with van der Waals surface area (Å²) in [7, 11) is 0. The standard InChI is InChI=1S/C13H14Cl2O2S/c1-8-13(4-5-17-8)18-7-12(16)10-6-9(14)2-3-11(10)15/h2-3,6,8,13H,4-5,7H2,1H3. The normalized spacial score (nSPS) is 23.3. The Balaban J connectivity index is 1.97. The van der Waals surface area contributed by atoms with Crippen LogP contribution in [0.2, 0.25) is 10.0 Å². The summed E-state index contributed by atoms with van der Waals surface area (Å²) in [5.41, 5.74) is 0.503. The van der Waals surface area contributed by atoms with Crippen molar-refractivity contribution in [2.45, 2.75) is 24.7 Å². The Morgan fingerprint density at radius 3 is 2.94 bits per heavy atom. The first-order valence-corrected chi connectivity index (χ1v) is 7.60. The third-order valence-electron chi connectivity index (χ3n) is 2.96. The summed E-state index contributed by atoms with van der Waals surface area (Å²) >= 11 is 13.5. The molecule has 0 radical (unpaired) electrons. The van der Waals surface area contributed by atoms with Crippen LogP contribution in [-0.2, 0) is 4.74 Å². The Hall–Kier alpha value is -0.220. The average molecular weight is 305 g/mol. The second-order valence-corrected chi connectivity index (χ2v) is 6.33. The first-order chi connectivity index (χ1) is 8.58. The number of thioether (sulfide) groups is 1. The lowest BCUT2D eigenvalue weighted by Crippen LogP contribution is -2.16. The Bertz CT molecular complexity index is 451. The molecule has 1 fully saturated rings. The van der Waals surface area contributed by atoms with E-state index >= 15 is 0 Å². The first kappa shape index (κ1) is 14.2. The lowest BCUT2D eigenvalue weighted by Gasteiger charge is -2.13. The zero-order valence-corrected chi connectivity index (χ0v) is 12.3. The number of ether oxygens (including phenoxy) is 1. The van der Waals surface area contributed by atoms with E-state index in [1.165, 1.54) is 0 Å². The minimum Gasteiger partial charge on any atom is -0.377 e. The highest BCUT2D eigenvalue weighted by molar-refractivity contribution is 8.00. The van der Waals surface area contributed by atoms with Crippen LogP contribution in [0, 0.1) is 0 Å². The molecule has 1 aliphatic heterocycles. The number of carbonyl (C=O) groups is 1. The number of hydrogen-bond donors (Lipinski definition) is 0. The molecular formula is C13H14Cl2O2S. The summed E-state index contributed by atoms with van der Waals surface area (Å²) in [4.78, 5) is 12.1. The van der Waals surface area contributed by atoms with Crippen LogP contribution in [-0.4, -0.2) is 29.5 Å². The van der Waals surface area contributed by atoms with Gasteiger partial charge in [0, 0.05) is 22.4 Å². The van der Waals surface area contributed by atoms with Crippen molar-refractivity contribution in [3.63, 3.8) is 0 Å². The first-order valence-electron chi connectivity index (χ1n) is 5.79. The second kappa shape index (κ2) is 6.29. The predicted octanol–water partition coefficient (Wildman–Crippen LogP) is 4.09. The summed E-state index contributed by atoms with van der Waals surface area (Å²) in [5.74, 6) is 0.435. The Labute approximate surface area is 121 Å². The van der Waals surface area contributed by atoms with E-state index in [1.807, 2.05) is 6.92 Å². The van der Waals surface area contributed by atoms with Crippen LogP contribution in [0.1, 0.15) is 23.7 Å². The zero-order chi connectivity index (χ0) is 13.1. The number of Topliss-reactive ketones (excluding diaryl/α,β-unsaturated/α-hetero) is 1. The van der Waals surface area contributed by atoms with Gasteiger partial charge in [-0.05, 0) is 31.5 Å². The van der Waals surface area contributed by atoms with Gasteiger partial charge in [-0.2, -0.15) is 0 Å². The second-order valence-electron chi connectivity index (χ2n) is 4.26. The van der Waals surface area contributed by atoms with E-state index in [0.29, 0.717) is 26.6 Å². The van der Waals surface area contributed by atoms with Crippen LogP contribution in [0.3, 0.4) is 0 Å². The van der Waals surface area contributed by atoms with Gasteiger partial charge in [0.2, 0.25) is 0 Å². The molecule has 5 heteroatoms. The fourth-order valence-electron chi connectivity index (χ4n) is 1.90. The molecular weight excluding hydrogens is 291 g/mol. The zero-order valence-electron chi connectivity index (χ0n) is 9.99. The van der Waals surface area contributed by atoms with Crippen LogP contribution >= 0.6 is 35.0 Å². The maximum absolute atomic E-state index is 12.1. The molecule has 0 N–H and O–H groups in total. The summed E-state index contributed by atoms with van der Waals surface area (Å²) in [6.07, 6.45) is 1.22. The number of carbonyl (C=O) groups excluding carboxylic acids is 1. The van der Waals surface area contributed by atoms with E-state index in [2.05, 4.69) is 0 Å². The van der Waals surface area contributed by atoms with Crippen molar-refractivity contribution in [3.8, 4) is 0 Å². The summed E-state index contributed by atoms with van der Waals surface area (Å²) < 4.78 is 5.47. The van der Waals surface area contributed by atoms with Crippen molar-refractivity contribution < 1.29 is 9.53 Å². The van der Waals surface area contributed by atoms with Crippen molar-refractivity contribution in [1.29, 1.82) is 0 Å². The van der Waals surface area contributed by atoms with E-state index in [-0.39, 0.29) is 11.9 Å². The topological polar surface area (TPSA) is 26.3 Å². The molecule has 1 aliphatic rings. The molecule has 0 aromatic heterocycles. The van der Waals surface area contributed by atoms with E-state index in [1.54, 1.807) is 30.0 Å². The van der Waals surface area contributed by atoms with Gasteiger partial charge in [-0.25, -0.2) is 0 Å². The molecule has 2 rings (SSSR count). The number of rotatable bonds is 4. The maximum Gasteiger partial charge on any atom is 0.174 e. The highest BCUT2D eigenvalue weighted by Gasteiger charge is 2.25. The summed E-state index contributed by atoms with van der Waals surface area (Å²) in [6.45, 7) is 2.83. The van der Waals surface area contributed by atoms with Gasteiger partial charge in [-0.3, -0.25) is 4.79 Å². The maximum atomic E-state index is 12.1. The average Bonchev–Trinajstić information content (AvgIpc) is 2.75. The SMILES string of the molecule is CC1OCCC1SCC(=O)c1cc(Cl)ccc1Cl. The molecule has 1 saturated heterocycles. The molecule has 1 aromatic carbocycles. The minimum absolute atomic E-state index is 0.0200. The molecule has 2 atom stereocenters.